The average Bonchev–Trinajstić information content (AvgIpc) is 4.12. The number of fused-ring (bicyclic) bond motifs is 7. The number of alkyl halides is 1. The Morgan fingerprint density at radius 3 is 2.53 bits per heavy atom. The lowest BCUT2D eigenvalue weighted by molar-refractivity contribution is -0.142. The van der Waals surface area contributed by atoms with Crippen LogP contribution in [0, 0.1) is 11.8 Å². The zero-order valence-electron chi connectivity index (χ0n) is 34.7. The van der Waals surface area contributed by atoms with Crippen LogP contribution in [-0.4, -0.2) is 103 Å². The van der Waals surface area contributed by atoms with Crippen molar-refractivity contribution >= 4 is 68.4 Å². The Labute approximate surface area is 371 Å². The second-order valence-corrected chi connectivity index (χ2v) is 18.6. The minimum atomic E-state index is -0.725. The summed E-state index contributed by atoms with van der Waals surface area (Å²) in [6, 6.07) is 12.9. The van der Waals surface area contributed by atoms with Crippen molar-refractivity contribution in [2.45, 2.75) is 92.7 Å². The predicted molar refractivity (Wildman–Crippen MR) is 236 cm³/mol. The van der Waals surface area contributed by atoms with Crippen LogP contribution in [0.15, 0.2) is 48.7 Å². The summed E-state index contributed by atoms with van der Waals surface area (Å²) in [6.45, 7) is 3.47. The van der Waals surface area contributed by atoms with Crippen LogP contribution in [0.1, 0.15) is 81.2 Å². The Hall–Kier alpha value is -5.43. The fourth-order valence-electron chi connectivity index (χ4n) is 10.5. The van der Waals surface area contributed by atoms with Gasteiger partial charge in [-0.2, -0.15) is 0 Å². The lowest BCUT2D eigenvalue weighted by atomic mass is 9.88. The molecule has 2 aromatic heterocycles. The molecule has 5 aliphatic rings. The Morgan fingerprint density at radius 1 is 0.919 bits per heavy atom. The summed E-state index contributed by atoms with van der Waals surface area (Å²) in [5.41, 5.74) is 6.62. The number of ether oxygens (including phenoxy) is 4. The number of piperidine rings is 1. The minimum Gasteiger partial charge on any atom is -0.488 e. The highest BCUT2D eigenvalue weighted by molar-refractivity contribution is 14.1. The number of aromatic amines is 2. The summed E-state index contributed by atoms with van der Waals surface area (Å²) in [7, 11) is 2.61. The lowest BCUT2D eigenvalue weighted by Crippen LogP contribution is -2.58. The summed E-state index contributed by atoms with van der Waals surface area (Å²) < 4.78 is 21.7. The van der Waals surface area contributed by atoms with Crippen molar-refractivity contribution in [2.75, 3.05) is 27.4 Å². The SMILES string of the molecule is COC(=O)N[C@@H]1C(=O)N2C(c3ncc(-c4ccc5c(c4)COc4cc6c(ccc7[nH]c([C@@H]8CC[C@H](I)N8C(=O)[C@@H](NC(=O)OC)C8CCOCC8)nc76)cc4-5)[nH]3)CC[C@@H]2CC1C. The van der Waals surface area contributed by atoms with Gasteiger partial charge in [-0.3, -0.25) is 9.59 Å². The van der Waals surface area contributed by atoms with Gasteiger partial charge in [-0.1, -0.05) is 47.7 Å². The van der Waals surface area contributed by atoms with Crippen LogP contribution in [0.5, 0.6) is 5.75 Å². The number of nitrogens with zero attached hydrogens (tertiary/aromatic N) is 4. The third-order valence-electron chi connectivity index (χ3n) is 13.6. The number of nitrogens with one attached hydrogen (secondary N) is 4. The first-order valence-electron chi connectivity index (χ1n) is 21.4. The quantitative estimate of drug-likeness (QED) is 0.0748. The molecular weight excluding hydrogens is 907 g/mol. The summed E-state index contributed by atoms with van der Waals surface area (Å²) in [6.07, 6.45) is 5.96. The number of hydrogen-bond donors (Lipinski definition) is 4. The molecule has 7 heterocycles. The van der Waals surface area contributed by atoms with Gasteiger partial charge in [0.25, 0.3) is 0 Å². The summed E-state index contributed by atoms with van der Waals surface area (Å²) in [5, 5.41) is 7.56. The third kappa shape index (κ3) is 7.09. The van der Waals surface area contributed by atoms with E-state index < -0.39 is 24.3 Å². The molecule has 4 fully saturated rings. The van der Waals surface area contributed by atoms with E-state index in [9.17, 15) is 19.2 Å². The number of carbonyl (C=O) groups excluding carboxylic acids is 4. The number of alkyl carbamates (subject to hydrolysis) is 2. The summed E-state index contributed by atoms with van der Waals surface area (Å²) in [4.78, 5) is 73.3. The highest BCUT2D eigenvalue weighted by atomic mass is 127. The van der Waals surface area contributed by atoms with Crippen LogP contribution in [0.2, 0.25) is 0 Å². The van der Waals surface area contributed by atoms with Gasteiger partial charge in [0.15, 0.2) is 0 Å². The van der Waals surface area contributed by atoms with Gasteiger partial charge in [-0.25, -0.2) is 19.6 Å². The molecule has 16 nitrogen and oxygen atoms in total. The Kier molecular flexibility index (Phi) is 10.7. The zero-order chi connectivity index (χ0) is 42.8. The fraction of sp³-hybridized carbons (Fsp3) is 0.467. The first kappa shape index (κ1) is 40.6. The highest BCUT2D eigenvalue weighted by Crippen LogP contribution is 2.46. The van der Waals surface area contributed by atoms with E-state index in [0.29, 0.717) is 38.5 Å². The molecule has 0 aliphatic carbocycles. The Morgan fingerprint density at radius 2 is 1.73 bits per heavy atom. The monoisotopic (exact) mass is 956 g/mol. The highest BCUT2D eigenvalue weighted by Gasteiger charge is 2.48. The van der Waals surface area contributed by atoms with E-state index in [1.54, 1.807) is 0 Å². The molecule has 4 N–H and O–H groups in total. The number of benzene rings is 3. The van der Waals surface area contributed by atoms with Crippen LogP contribution in [0.25, 0.3) is 44.2 Å². The van der Waals surface area contributed by atoms with Gasteiger partial charge < -0.3 is 49.3 Å². The topological polar surface area (TPSA) is 193 Å². The lowest BCUT2D eigenvalue weighted by Gasteiger charge is -2.41. The van der Waals surface area contributed by atoms with Crippen molar-refractivity contribution in [1.82, 2.24) is 40.4 Å². The number of rotatable bonds is 7. The Bertz CT molecular complexity index is 2590. The number of likely N-dealkylation sites (tertiary alicyclic amines) is 1. The number of H-pyrrole nitrogens is 2. The molecule has 4 amide bonds. The summed E-state index contributed by atoms with van der Waals surface area (Å²) >= 11 is 2.33. The van der Waals surface area contributed by atoms with Crippen LogP contribution in [-0.2, 0) is 30.4 Å². The molecule has 62 heavy (non-hydrogen) atoms. The van der Waals surface area contributed by atoms with Crippen LogP contribution >= 0.6 is 22.6 Å². The number of halogens is 1. The van der Waals surface area contributed by atoms with Crippen LogP contribution in [0.3, 0.4) is 0 Å². The number of aromatic nitrogens is 4. The van der Waals surface area contributed by atoms with Crippen molar-refractivity contribution < 1.29 is 38.1 Å². The van der Waals surface area contributed by atoms with Crippen LogP contribution in [0.4, 0.5) is 9.59 Å². The van der Waals surface area contributed by atoms with Crippen molar-refractivity contribution in [3.05, 3.63) is 65.9 Å². The molecular formula is C45H49IN8O8. The smallest absolute Gasteiger partial charge is 0.407 e. The molecule has 5 aliphatic heterocycles. The molecule has 0 spiro atoms. The molecule has 2 unspecified atom stereocenters. The van der Waals surface area contributed by atoms with Crippen molar-refractivity contribution in [1.29, 1.82) is 0 Å². The molecule has 324 valence electrons. The van der Waals surface area contributed by atoms with Crippen molar-refractivity contribution in [3.8, 4) is 28.1 Å². The van der Waals surface area contributed by atoms with E-state index in [1.165, 1.54) is 14.2 Å². The van der Waals surface area contributed by atoms with Crippen LogP contribution < -0.4 is 15.4 Å². The number of amides is 4. The van der Waals surface area contributed by atoms with Gasteiger partial charge in [0.05, 0.1) is 53.3 Å². The van der Waals surface area contributed by atoms with Gasteiger partial charge in [0.2, 0.25) is 11.8 Å². The minimum absolute atomic E-state index is 0.00462. The van der Waals surface area contributed by atoms with Gasteiger partial charge in [-0.15, -0.1) is 0 Å². The third-order valence-corrected chi connectivity index (χ3v) is 14.9. The average molecular weight is 957 g/mol. The molecule has 5 aromatic rings. The molecule has 3 aromatic carbocycles. The molecule has 4 saturated heterocycles. The molecule has 7 atom stereocenters. The number of methoxy groups -OCH3 is 2. The fourth-order valence-corrected chi connectivity index (χ4v) is 11.5. The molecule has 17 heteroatoms. The number of imidazole rings is 2. The maximum atomic E-state index is 14.4. The normalized spacial score (nSPS) is 25.2. The zero-order valence-corrected chi connectivity index (χ0v) is 36.9. The number of carbonyl (C=O) groups is 4. The van der Waals surface area contributed by atoms with Gasteiger partial charge in [0.1, 0.15) is 36.1 Å². The van der Waals surface area contributed by atoms with Gasteiger partial charge in [0, 0.05) is 30.2 Å². The molecule has 0 saturated carbocycles. The van der Waals surface area contributed by atoms with E-state index in [4.69, 9.17) is 28.9 Å². The molecule has 0 bridgehead atoms. The predicted octanol–water partition coefficient (Wildman–Crippen LogP) is 7.04. The summed E-state index contributed by atoms with van der Waals surface area (Å²) in [5.74, 6) is 1.93. The molecule has 10 rings (SSSR count). The first-order valence-corrected chi connectivity index (χ1v) is 22.7. The first-order chi connectivity index (χ1) is 30.1. The number of hydrogen-bond acceptors (Lipinski definition) is 10. The molecule has 0 radical (unpaired) electrons. The van der Waals surface area contributed by atoms with Gasteiger partial charge >= 0.3 is 12.2 Å². The van der Waals surface area contributed by atoms with E-state index in [-0.39, 0.29) is 45.8 Å². The van der Waals surface area contributed by atoms with E-state index in [2.05, 4.69) is 79.6 Å². The second kappa shape index (κ2) is 16.4. The largest absolute Gasteiger partial charge is 0.488 e. The van der Waals surface area contributed by atoms with Gasteiger partial charge in [-0.05, 0) is 103 Å². The van der Waals surface area contributed by atoms with E-state index in [1.807, 2.05) is 29.0 Å². The van der Waals surface area contributed by atoms with E-state index >= 15 is 0 Å². The maximum Gasteiger partial charge on any atom is 0.407 e. The van der Waals surface area contributed by atoms with Crippen molar-refractivity contribution in [3.63, 3.8) is 0 Å². The van der Waals surface area contributed by atoms with Crippen molar-refractivity contribution in [2.24, 2.45) is 11.8 Å². The van der Waals surface area contributed by atoms with E-state index in [0.717, 1.165) is 93.4 Å². The second-order valence-electron chi connectivity index (χ2n) is 17.2. The standard InChI is InChI=1S/C45H49IN8O8/c1-22-16-27-6-9-33(53(27)42(55)37(22)51-44(57)59-2)40-47-20-32(49-40)25-4-7-28-26(17-25)21-62-35-19-29-24(18-30(28)35)5-8-31-39(29)50-41(48-31)34-10-11-36(46)54(34)43(56)38(52-45(58)60-3)23-12-14-61-15-13-23/h4-5,7-8,17-20,22-23,27,33-34,36-38H,6,9-16,21H2,1-3H3,(H,47,49)(H,48,50)(H,51,57)(H,52,58)/t22?,27-,33?,34+,36-,37+,38+/m1/s1. The maximum absolute atomic E-state index is 14.4. The Balaban J connectivity index is 0.900.